The van der Waals surface area contributed by atoms with Gasteiger partial charge in [0.25, 0.3) is 0 Å². The zero-order chi connectivity index (χ0) is 13.5. The van der Waals surface area contributed by atoms with Gasteiger partial charge in [-0.25, -0.2) is 9.59 Å². The van der Waals surface area contributed by atoms with Gasteiger partial charge in [0.05, 0.1) is 13.7 Å². The van der Waals surface area contributed by atoms with Gasteiger partial charge < -0.3 is 19.7 Å². The van der Waals surface area contributed by atoms with Crippen molar-refractivity contribution >= 4 is 11.9 Å². The highest BCUT2D eigenvalue weighted by atomic mass is 16.6. The lowest BCUT2D eigenvalue weighted by molar-refractivity contribution is -0.174. The second-order valence-corrected chi connectivity index (χ2v) is 3.52. The predicted octanol–water partition coefficient (Wildman–Crippen LogP) is 0.190. The number of esters is 1. The van der Waals surface area contributed by atoms with Gasteiger partial charge in [-0.2, -0.15) is 0 Å². The first-order chi connectivity index (χ1) is 8.56. The molecule has 0 amide bonds. The number of ether oxygens (including phenoxy) is 2. The maximum atomic E-state index is 11.3. The Morgan fingerprint density at radius 3 is 2.39 bits per heavy atom. The first-order valence-electron chi connectivity index (χ1n) is 5.20. The molecule has 1 rings (SSSR count). The number of carbonyl (C=O) groups is 2. The van der Waals surface area contributed by atoms with Crippen LogP contribution in [0, 0.1) is 0 Å². The topological polar surface area (TPSA) is 93.1 Å². The van der Waals surface area contributed by atoms with Crippen LogP contribution in [-0.4, -0.2) is 41.5 Å². The molecule has 0 heterocycles. The van der Waals surface area contributed by atoms with E-state index in [1.165, 1.54) is 0 Å². The van der Waals surface area contributed by atoms with Crippen LogP contribution in [0.25, 0.3) is 0 Å². The quantitative estimate of drug-likeness (QED) is 0.704. The Bertz CT molecular complexity index is 402. The molecule has 0 aliphatic carbocycles. The van der Waals surface area contributed by atoms with Gasteiger partial charge in [-0.3, -0.25) is 0 Å². The van der Waals surface area contributed by atoms with E-state index in [-0.39, 0.29) is 6.61 Å². The molecule has 0 fully saturated rings. The number of carbonyl (C=O) groups excluding carboxylic acids is 1. The Labute approximate surface area is 104 Å². The minimum absolute atomic E-state index is 0.00491. The van der Waals surface area contributed by atoms with Crippen LogP contribution in [0.1, 0.15) is 5.56 Å². The molecule has 2 N–H and O–H groups in total. The number of hydrogen-bond acceptors (Lipinski definition) is 5. The highest BCUT2D eigenvalue weighted by Gasteiger charge is 2.33. The molecule has 0 aliphatic heterocycles. The van der Waals surface area contributed by atoms with Crippen LogP contribution in [-0.2, 0) is 25.7 Å². The molecule has 0 radical (unpaired) electrons. The average Bonchev–Trinajstić information content (AvgIpc) is 2.39. The third-order valence-electron chi connectivity index (χ3n) is 2.25. The number of rotatable bonds is 6. The second kappa shape index (κ2) is 6.73. The number of aliphatic carboxylic acids is 1. The molecule has 0 aliphatic rings. The van der Waals surface area contributed by atoms with Crippen molar-refractivity contribution in [2.45, 2.75) is 18.8 Å². The normalized spacial score (nSPS) is 13.7. The van der Waals surface area contributed by atoms with Crippen molar-refractivity contribution in [1.29, 1.82) is 0 Å². The van der Waals surface area contributed by atoms with Crippen molar-refractivity contribution in [2.75, 3.05) is 7.11 Å². The fourth-order valence-corrected chi connectivity index (χ4v) is 1.29. The summed E-state index contributed by atoms with van der Waals surface area (Å²) in [5.74, 6) is -2.47. The number of benzene rings is 1. The maximum absolute atomic E-state index is 11.3. The molecule has 2 atom stereocenters. The van der Waals surface area contributed by atoms with Gasteiger partial charge in [-0.15, -0.1) is 0 Å². The molecule has 0 saturated heterocycles. The summed E-state index contributed by atoms with van der Waals surface area (Å²) in [6.45, 7) is 0.00491. The van der Waals surface area contributed by atoms with Gasteiger partial charge in [-0.1, -0.05) is 30.3 Å². The Morgan fingerprint density at radius 1 is 1.28 bits per heavy atom. The van der Waals surface area contributed by atoms with Gasteiger partial charge in [0.1, 0.15) is 0 Å². The molecule has 0 bridgehead atoms. The minimum atomic E-state index is -1.96. The van der Waals surface area contributed by atoms with E-state index in [2.05, 4.69) is 4.74 Å². The summed E-state index contributed by atoms with van der Waals surface area (Å²) >= 11 is 0. The summed E-state index contributed by atoms with van der Waals surface area (Å²) in [5.41, 5.74) is 0.754. The molecule has 6 heteroatoms. The van der Waals surface area contributed by atoms with Gasteiger partial charge in [0.2, 0.25) is 0 Å². The van der Waals surface area contributed by atoms with Crippen LogP contribution in [0.5, 0.6) is 0 Å². The molecule has 0 spiro atoms. The number of carboxylic acid groups (broad SMARTS) is 1. The van der Waals surface area contributed by atoms with Crippen molar-refractivity contribution < 1.29 is 29.3 Å². The van der Waals surface area contributed by atoms with E-state index in [4.69, 9.17) is 9.84 Å². The standard InChI is InChI=1S/C12H14O6/c1-17-12(16)10(9(13)11(14)15)18-7-8-5-3-2-4-6-8/h2-6,9-10,13H,7H2,1H3,(H,14,15)/t9-,10-/m1/s1. The molecule has 18 heavy (non-hydrogen) atoms. The van der Waals surface area contributed by atoms with Crippen molar-refractivity contribution in [3.8, 4) is 0 Å². The molecule has 0 unspecified atom stereocenters. The Kier molecular flexibility index (Phi) is 5.29. The van der Waals surface area contributed by atoms with Crippen molar-refractivity contribution in [2.24, 2.45) is 0 Å². The summed E-state index contributed by atoms with van der Waals surface area (Å²) in [4.78, 5) is 21.9. The van der Waals surface area contributed by atoms with Crippen LogP contribution in [0.3, 0.4) is 0 Å². The molecule has 1 aromatic rings. The molecule has 98 valence electrons. The molecular weight excluding hydrogens is 240 g/mol. The fraction of sp³-hybridized carbons (Fsp3) is 0.333. The number of carboxylic acids is 1. The summed E-state index contributed by atoms with van der Waals surface area (Å²) in [6, 6.07) is 8.87. The summed E-state index contributed by atoms with van der Waals surface area (Å²) in [6.07, 6.45) is -3.51. The zero-order valence-corrected chi connectivity index (χ0v) is 9.78. The lowest BCUT2D eigenvalue weighted by Gasteiger charge is -2.18. The SMILES string of the molecule is COC(=O)[C@H](OCc1ccccc1)[C@@H](O)C(=O)O. The third-order valence-corrected chi connectivity index (χ3v) is 2.25. The molecule has 1 aromatic carbocycles. The third kappa shape index (κ3) is 3.83. The Hall–Kier alpha value is -1.92. The maximum Gasteiger partial charge on any atom is 0.338 e. The van der Waals surface area contributed by atoms with Crippen LogP contribution in [0.4, 0.5) is 0 Å². The first-order valence-corrected chi connectivity index (χ1v) is 5.20. The van der Waals surface area contributed by atoms with E-state index < -0.39 is 24.1 Å². The zero-order valence-electron chi connectivity index (χ0n) is 9.78. The van der Waals surface area contributed by atoms with E-state index >= 15 is 0 Å². The number of aliphatic hydroxyl groups excluding tert-OH is 1. The van der Waals surface area contributed by atoms with E-state index in [1.807, 2.05) is 6.07 Å². The second-order valence-electron chi connectivity index (χ2n) is 3.52. The van der Waals surface area contributed by atoms with Gasteiger partial charge in [0.15, 0.2) is 12.2 Å². The van der Waals surface area contributed by atoms with Gasteiger partial charge in [0, 0.05) is 0 Å². The summed E-state index contributed by atoms with van der Waals surface area (Å²) in [5, 5.41) is 18.0. The molecule has 0 aromatic heterocycles. The van der Waals surface area contributed by atoms with Crippen molar-refractivity contribution in [1.82, 2.24) is 0 Å². The molecule has 6 nitrogen and oxygen atoms in total. The summed E-state index contributed by atoms with van der Waals surface area (Å²) < 4.78 is 9.48. The van der Waals surface area contributed by atoms with Gasteiger partial charge >= 0.3 is 11.9 Å². The van der Waals surface area contributed by atoms with Crippen molar-refractivity contribution in [3.63, 3.8) is 0 Å². The first kappa shape index (κ1) is 14.1. The van der Waals surface area contributed by atoms with Crippen LogP contribution >= 0.6 is 0 Å². The Balaban J connectivity index is 2.68. The van der Waals surface area contributed by atoms with E-state index in [1.54, 1.807) is 24.3 Å². The van der Waals surface area contributed by atoms with E-state index in [9.17, 15) is 14.7 Å². The monoisotopic (exact) mass is 254 g/mol. The fourth-order valence-electron chi connectivity index (χ4n) is 1.29. The molecule has 0 saturated carbocycles. The Morgan fingerprint density at radius 2 is 1.89 bits per heavy atom. The highest BCUT2D eigenvalue weighted by molar-refractivity contribution is 5.84. The smallest absolute Gasteiger partial charge is 0.338 e. The van der Waals surface area contributed by atoms with Crippen LogP contribution in [0.15, 0.2) is 30.3 Å². The number of methoxy groups -OCH3 is 1. The highest BCUT2D eigenvalue weighted by Crippen LogP contribution is 2.08. The lowest BCUT2D eigenvalue weighted by atomic mass is 10.2. The largest absolute Gasteiger partial charge is 0.479 e. The van der Waals surface area contributed by atoms with Crippen LogP contribution in [0.2, 0.25) is 0 Å². The molecular formula is C12H14O6. The van der Waals surface area contributed by atoms with Gasteiger partial charge in [-0.05, 0) is 5.56 Å². The number of aliphatic hydroxyl groups is 1. The number of hydrogen-bond donors (Lipinski definition) is 2. The minimum Gasteiger partial charge on any atom is -0.479 e. The lowest BCUT2D eigenvalue weighted by Crippen LogP contribution is -2.42. The predicted molar refractivity (Wildman–Crippen MR) is 60.7 cm³/mol. The summed E-state index contributed by atoms with van der Waals surface area (Å²) in [7, 11) is 1.09. The van der Waals surface area contributed by atoms with Crippen LogP contribution < -0.4 is 0 Å². The van der Waals surface area contributed by atoms with Crippen molar-refractivity contribution in [3.05, 3.63) is 35.9 Å². The average molecular weight is 254 g/mol. The van der Waals surface area contributed by atoms with E-state index in [0.717, 1.165) is 12.7 Å². The van der Waals surface area contributed by atoms with E-state index in [0.29, 0.717) is 0 Å².